The van der Waals surface area contributed by atoms with Gasteiger partial charge in [0, 0.05) is 37.4 Å². The van der Waals surface area contributed by atoms with Crippen molar-refractivity contribution < 1.29 is 14.3 Å². The summed E-state index contributed by atoms with van der Waals surface area (Å²) in [7, 11) is 3.36. The molecule has 2 aliphatic rings. The van der Waals surface area contributed by atoms with Crippen molar-refractivity contribution in [3.05, 3.63) is 52.8 Å². The van der Waals surface area contributed by atoms with Crippen LogP contribution in [-0.4, -0.2) is 57.7 Å². The first-order valence-corrected chi connectivity index (χ1v) is 10.1. The average Bonchev–Trinajstić information content (AvgIpc) is 3.21. The maximum Gasteiger partial charge on any atom is 0.311 e. The predicted molar refractivity (Wildman–Crippen MR) is 108 cm³/mol. The third-order valence-corrected chi connectivity index (χ3v) is 6.40. The number of nitrogens with zero attached hydrogens (tertiary/aromatic N) is 4. The number of carbonyl (C=O) groups excluding carboxylic acids is 2. The molecule has 2 aliphatic heterocycles. The lowest BCUT2D eigenvalue weighted by atomic mass is 9.93. The lowest BCUT2D eigenvalue weighted by Crippen LogP contribution is -2.54. The van der Waals surface area contributed by atoms with Gasteiger partial charge >= 0.3 is 5.97 Å². The molecule has 29 heavy (non-hydrogen) atoms. The second-order valence-corrected chi connectivity index (χ2v) is 8.12. The fourth-order valence-electron chi connectivity index (χ4n) is 4.92. The molecule has 0 saturated carbocycles. The Kier molecular flexibility index (Phi) is 5.17. The molecule has 1 aromatic heterocycles. The number of rotatable bonds is 4. The van der Waals surface area contributed by atoms with Gasteiger partial charge in [0.2, 0.25) is 5.91 Å². The number of carbonyl (C=O) groups is 2. The molecule has 2 fully saturated rings. The number of aryl methyl sites for hydroxylation is 2. The standard InChI is InChI=1S/C22H28N4O3/c1-14-19(15(2)24(3)23-14)12-25-11-17-10-18(22(28)29-4)21(26(17)20(27)13-25)16-8-6-5-7-9-16/h5-9,17-18,21H,10-13H2,1-4H3/t17-,18-,21-/m0/s1. The van der Waals surface area contributed by atoms with Gasteiger partial charge in [0.1, 0.15) is 0 Å². The van der Waals surface area contributed by atoms with E-state index in [0.29, 0.717) is 19.5 Å². The summed E-state index contributed by atoms with van der Waals surface area (Å²) >= 11 is 0. The van der Waals surface area contributed by atoms with Crippen molar-refractivity contribution >= 4 is 11.9 Å². The molecule has 0 unspecified atom stereocenters. The molecule has 2 aromatic rings. The minimum atomic E-state index is -0.335. The van der Waals surface area contributed by atoms with Crippen LogP contribution < -0.4 is 0 Å². The number of hydrogen-bond donors (Lipinski definition) is 0. The Morgan fingerprint density at radius 3 is 2.59 bits per heavy atom. The number of ether oxygens (including phenoxy) is 1. The van der Waals surface area contributed by atoms with Crippen molar-refractivity contribution in [1.82, 2.24) is 19.6 Å². The van der Waals surface area contributed by atoms with Crippen molar-refractivity contribution in [2.75, 3.05) is 20.2 Å². The van der Waals surface area contributed by atoms with Crippen LogP contribution in [0.5, 0.6) is 0 Å². The van der Waals surface area contributed by atoms with E-state index < -0.39 is 0 Å². The van der Waals surface area contributed by atoms with Gasteiger partial charge in [0.25, 0.3) is 0 Å². The molecular formula is C22H28N4O3. The molecule has 0 aliphatic carbocycles. The SMILES string of the molecule is COC(=O)[C@H]1C[C@H]2CN(Cc3c(C)nn(C)c3C)CC(=O)N2[C@H]1c1ccccc1. The first-order chi connectivity index (χ1) is 13.9. The Hall–Kier alpha value is -2.67. The molecule has 0 radical (unpaired) electrons. The molecule has 7 nitrogen and oxygen atoms in total. The van der Waals surface area contributed by atoms with Gasteiger partial charge in [-0.1, -0.05) is 30.3 Å². The molecule has 0 N–H and O–H groups in total. The topological polar surface area (TPSA) is 67.7 Å². The fourth-order valence-corrected chi connectivity index (χ4v) is 4.92. The van der Waals surface area contributed by atoms with E-state index in [2.05, 4.69) is 16.9 Å². The molecule has 1 amide bonds. The molecule has 3 heterocycles. The van der Waals surface area contributed by atoms with E-state index in [9.17, 15) is 9.59 Å². The molecule has 7 heteroatoms. The zero-order chi connectivity index (χ0) is 20.7. The van der Waals surface area contributed by atoms with Gasteiger partial charge < -0.3 is 9.64 Å². The highest BCUT2D eigenvalue weighted by Gasteiger charge is 2.50. The van der Waals surface area contributed by atoms with Crippen LogP contribution >= 0.6 is 0 Å². The molecule has 0 bridgehead atoms. The zero-order valence-electron chi connectivity index (χ0n) is 17.5. The maximum atomic E-state index is 13.2. The van der Waals surface area contributed by atoms with Crippen LogP contribution in [0.2, 0.25) is 0 Å². The summed E-state index contributed by atoms with van der Waals surface area (Å²) < 4.78 is 6.97. The Bertz CT molecular complexity index is 924. The molecule has 3 atom stereocenters. The van der Waals surface area contributed by atoms with Gasteiger partial charge in [-0.05, 0) is 25.8 Å². The van der Waals surface area contributed by atoms with Crippen LogP contribution in [0.25, 0.3) is 0 Å². The monoisotopic (exact) mass is 396 g/mol. The number of amides is 1. The maximum absolute atomic E-state index is 13.2. The number of methoxy groups -OCH3 is 1. The number of esters is 1. The molecule has 2 saturated heterocycles. The Balaban J connectivity index is 1.60. The summed E-state index contributed by atoms with van der Waals surface area (Å²) in [6.45, 7) is 5.86. The first kappa shape index (κ1) is 19.6. The number of piperazine rings is 1. The smallest absolute Gasteiger partial charge is 0.311 e. The van der Waals surface area contributed by atoms with Gasteiger partial charge in [-0.15, -0.1) is 0 Å². The highest BCUT2D eigenvalue weighted by Crippen LogP contribution is 2.43. The highest BCUT2D eigenvalue weighted by molar-refractivity contribution is 5.83. The summed E-state index contributed by atoms with van der Waals surface area (Å²) in [6, 6.07) is 9.57. The van der Waals surface area contributed by atoms with Crippen molar-refractivity contribution in [3.8, 4) is 0 Å². The van der Waals surface area contributed by atoms with E-state index in [4.69, 9.17) is 4.74 Å². The normalized spacial score (nSPS) is 24.6. The van der Waals surface area contributed by atoms with E-state index in [1.807, 2.05) is 53.9 Å². The lowest BCUT2D eigenvalue weighted by Gasteiger charge is -2.40. The highest BCUT2D eigenvalue weighted by atomic mass is 16.5. The van der Waals surface area contributed by atoms with Gasteiger partial charge in [0.05, 0.1) is 31.3 Å². The van der Waals surface area contributed by atoms with E-state index in [-0.39, 0.29) is 29.9 Å². The van der Waals surface area contributed by atoms with Crippen molar-refractivity contribution in [2.45, 2.75) is 38.9 Å². The van der Waals surface area contributed by atoms with Crippen LogP contribution in [0.1, 0.15) is 35.0 Å². The van der Waals surface area contributed by atoms with Crippen molar-refractivity contribution in [3.63, 3.8) is 0 Å². The van der Waals surface area contributed by atoms with Gasteiger partial charge in [-0.3, -0.25) is 19.2 Å². The third-order valence-electron chi connectivity index (χ3n) is 6.40. The van der Waals surface area contributed by atoms with E-state index in [1.165, 1.54) is 12.7 Å². The Morgan fingerprint density at radius 1 is 1.24 bits per heavy atom. The molecular weight excluding hydrogens is 368 g/mol. The van der Waals surface area contributed by atoms with Crippen molar-refractivity contribution in [1.29, 1.82) is 0 Å². The summed E-state index contributed by atoms with van der Waals surface area (Å²) in [5.41, 5.74) is 4.29. The quantitative estimate of drug-likeness (QED) is 0.740. The number of hydrogen-bond acceptors (Lipinski definition) is 5. The number of benzene rings is 1. The summed E-state index contributed by atoms with van der Waals surface area (Å²) in [5, 5.41) is 4.49. The average molecular weight is 396 g/mol. The summed E-state index contributed by atoms with van der Waals surface area (Å²) in [6.07, 6.45) is 0.624. The number of aromatic nitrogens is 2. The van der Waals surface area contributed by atoms with Crippen LogP contribution in [0, 0.1) is 19.8 Å². The first-order valence-electron chi connectivity index (χ1n) is 10.1. The van der Waals surface area contributed by atoms with E-state index in [0.717, 1.165) is 23.5 Å². The lowest BCUT2D eigenvalue weighted by molar-refractivity contribution is -0.147. The van der Waals surface area contributed by atoms with E-state index >= 15 is 0 Å². The Morgan fingerprint density at radius 2 is 1.97 bits per heavy atom. The Labute approximate surface area is 171 Å². The fraction of sp³-hybridized carbons (Fsp3) is 0.500. The minimum Gasteiger partial charge on any atom is -0.469 e. The predicted octanol–water partition coefficient (Wildman–Crippen LogP) is 1.98. The second kappa shape index (κ2) is 7.63. The molecule has 4 rings (SSSR count). The largest absolute Gasteiger partial charge is 0.469 e. The summed E-state index contributed by atoms with van der Waals surface area (Å²) in [4.78, 5) is 29.8. The van der Waals surface area contributed by atoms with Crippen LogP contribution in [0.4, 0.5) is 0 Å². The number of fused-ring (bicyclic) bond motifs is 1. The third kappa shape index (κ3) is 3.44. The second-order valence-electron chi connectivity index (χ2n) is 8.12. The van der Waals surface area contributed by atoms with Crippen LogP contribution in [0.15, 0.2) is 30.3 Å². The summed E-state index contributed by atoms with van der Waals surface area (Å²) in [5.74, 6) is -0.509. The van der Waals surface area contributed by atoms with Crippen molar-refractivity contribution in [2.24, 2.45) is 13.0 Å². The van der Waals surface area contributed by atoms with Gasteiger partial charge in [-0.2, -0.15) is 5.10 Å². The van der Waals surface area contributed by atoms with E-state index in [1.54, 1.807) is 0 Å². The molecule has 0 spiro atoms. The van der Waals surface area contributed by atoms with Gasteiger partial charge in [0.15, 0.2) is 0 Å². The van der Waals surface area contributed by atoms with Gasteiger partial charge in [-0.25, -0.2) is 0 Å². The molecule has 1 aromatic carbocycles. The zero-order valence-corrected chi connectivity index (χ0v) is 17.5. The molecule has 154 valence electrons. The minimum absolute atomic E-state index is 0.00263. The van der Waals surface area contributed by atoms with Crippen LogP contribution in [-0.2, 0) is 27.9 Å². The van der Waals surface area contributed by atoms with Crippen LogP contribution in [0.3, 0.4) is 0 Å².